The molecule has 0 bridgehead atoms. The molecule has 0 amide bonds. The van der Waals surface area contributed by atoms with Gasteiger partial charge in [0.15, 0.2) is 0 Å². The van der Waals surface area contributed by atoms with Crippen molar-refractivity contribution in [3.63, 3.8) is 0 Å². The topological polar surface area (TPSA) is 45.2 Å². The fourth-order valence-corrected chi connectivity index (χ4v) is 3.70. The van der Waals surface area contributed by atoms with Gasteiger partial charge in [0.1, 0.15) is 0 Å². The van der Waals surface area contributed by atoms with Crippen LogP contribution in [0.15, 0.2) is 30.3 Å². The van der Waals surface area contributed by atoms with Crippen molar-refractivity contribution in [3.8, 4) is 0 Å². The first-order valence-corrected chi connectivity index (χ1v) is 8.37. The van der Waals surface area contributed by atoms with Crippen molar-refractivity contribution in [1.82, 2.24) is 9.80 Å². The zero-order valence-corrected chi connectivity index (χ0v) is 14.1. The minimum Gasteiger partial charge on any atom is -0.396 e. The normalized spacial score (nSPS) is 27.8. The summed E-state index contributed by atoms with van der Waals surface area (Å²) in [5, 5.41) is 9.62. The van der Waals surface area contributed by atoms with Gasteiger partial charge in [-0.25, -0.2) is 0 Å². The number of morpholine rings is 1. The number of hydrogen-bond acceptors (Lipinski definition) is 5. The third kappa shape index (κ3) is 3.75. The van der Waals surface area contributed by atoms with E-state index in [1.807, 2.05) is 0 Å². The Morgan fingerprint density at radius 2 is 2.04 bits per heavy atom. The van der Waals surface area contributed by atoms with E-state index in [0.29, 0.717) is 13.2 Å². The summed E-state index contributed by atoms with van der Waals surface area (Å²) in [4.78, 5) is 4.66. The van der Waals surface area contributed by atoms with E-state index in [4.69, 9.17) is 9.47 Å². The maximum Gasteiger partial charge on any atom is 0.0898 e. The molecule has 2 aliphatic heterocycles. The van der Waals surface area contributed by atoms with Gasteiger partial charge >= 0.3 is 0 Å². The van der Waals surface area contributed by atoms with Crippen molar-refractivity contribution in [2.24, 2.45) is 5.41 Å². The van der Waals surface area contributed by atoms with Crippen LogP contribution in [0.25, 0.3) is 0 Å². The van der Waals surface area contributed by atoms with Gasteiger partial charge < -0.3 is 19.5 Å². The summed E-state index contributed by atoms with van der Waals surface area (Å²) >= 11 is 0. The van der Waals surface area contributed by atoms with Crippen molar-refractivity contribution in [3.05, 3.63) is 35.9 Å². The first kappa shape index (κ1) is 16.9. The highest BCUT2D eigenvalue weighted by atomic mass is 16.5. The predicted octanol–water partition coefficient (Wildman–Crippen LogP) is 0.999. The van der Waals surface area contributed by atoms with Crippen LogP contribution in [0.1, 0.15) is 11.6 Å². The van der Waals surface area contributed by atoms with Gasteiger partial charge in [-0.3, -0.25) is 4.90 Å². The smallest absolute Gasteiger partial charge is 0.0898 e. The Bertz CT molecular complexity index is 487. The third-order valence-corrected chi connectivity index (χ3v) is 4.99. The molecule has 1 aromatic carbocycles. The minimum atomic E-state index is -0.0858. The number of likely N-dealkylation sites (N-methyl/N-ethyl adjacent to an activating group) is 2. The lowest BCUT2D eigenvalue weighted by Gasteiger charge is -2.45. The standard InChI is InChI=1S/C18H28N2O3/c1-19(11-18(12-21)13-22-14-18)10-16-17(20(2)8-9-23-16)15-6-4-3-5-7-15/h3-7,16-17,21H,8-14H2,1-2H3/t16-,17-/m0/s1. The molecule has 5 heteroatoms. The van der Waals surface area contributed by atoms with Gasteiger partial charge in [0.2, 0.25) is 0 Å². The van der Waals surface area contributed by atoms with Crippen molar-refractivity contribution in [1.29, 1.82) is 0 Å². The maximum absolute atomic E-state index is 9.62. The van der Waals surface area contributed by atoms with Gasteiger partial charge in [-0.15, -0.1) is 0 Å². The molecule has 2 fully saturated rings. The first-order chi connectivity index (χ1) is 11.1. The number of ether oxygens (including phenoxy) is 2. The van der Waals surface area contributed by atoms with Crippen molar-refractivity contribution in [2.75, 3.05) is 60.2 Å². The van der Waals surface area contributed by atoms with Crippen molar-refractivity contribution >= 4 is 0 Å². The lowest BCUT2D eigenvalue weighted by atomic mass is 9.86. The van der Waals surface area contributed by atoms with E-state index in [0.717, 1.165) is 26.2 Å². The number of rotatable bonds is 6. The SMILES string of the molecule is CN(C[C@@H]1OCCN(C)[C@H]1c1ccccc1)CC1(CO)COC1. The third-order valence-electron chi connectivity index (χ3n) is 4.99. The van der Waals surface area contributed by atoms with Gasteiger partial charge in [-0.1, -0.05) is 30.3 Å². The molecule has 0 radical (unpaired) electrons. The summed E-state index contributed by atoms with van der Waals surface area (Å²) in [5.41, 5.74) is 1.22. The second-order valence-electron chi connectivity index (χ2n) is 7.09. The Kier molecular flexibility index (Phi) is 5.34. The molecule has 128 valence electrons. The Labute approximate surface area is 138 Å². The number of benzene rings is 1. The molecule has 23 heavy (non-hydrogen) atoms. The minimum absolute atomic E-state index is 0.0858. The summed E-state index contributed by atoms with van der Waals surface area (Å²) in [6, 6.07) is 10.9. The molecule has 1 N–H and O–H groups in total. The molecule has 0 unspecified atom stereocenters. The van der Waals surface area contributed by atoms with Crippen molar-refractivity contribution in [2.45, 2.75) is 12.1 Å². The highest BCUT2D eigenvalue weighted by Gasteiger charge is 2.40. The predicted molar refractivity (Wildman–Crippen MR) is 89.4 cm³/mol. The molecule has 3 rings (SSSR count). The fourth-order valence-electron chi connectivity index (χ4n) is 3.70. The Morgan fingerprint density at radius 1 is 1.30 bits per heavy atom. The molecule has 2 aliphatic rings. The molecular formula is C18H28N2O3. The number of nitrogens with zero attached hydrogens (tertiary/aromatic N) is 2. The zero-order valence-electron chi connectivity index (χ0n) is 14.1. The van der Waals surface area contributed by atoms with Gasteiger partial charge in [0.25, 0.3) is 0 Å². The van der Waals surface area contributed by atoms with Gasteiger partial charge in [-0.05, 0) is 19.7 Å². The van der Waals surface area contributed by atoms with Crippen LogP contribution in [0.3, 0.4) is 0 Å². The van der Waals surface area contributed by atoms with Gasteiger partial charge in [0.05, 0.1) is 44.0 Å². The summed E-state index contributed by atoms with van der Waals surface area (Å²) in [6.45, 7) is 4.91. The zero-order chi connectivity index (χ0) is 16.3. The van der Waals surface area contributed by atoms with Crippen LogP contribution in [0.2, 0.25) is 0 Å². The summed E-state index contributed by atoms with van der Waals surface area (Å²) in [5.74, 6) is 0. The van der Waals surface area contributed by atoms with Crippen LogP contribution in [0.4, 0.5) is 0 Å². The largest absolute Gasteiger partial charge is 0.396 e. The maximum atomic E-state index is 9.62. The Hall–Kier alpha value is -0.980. The fraction of sp³-hybridized carbons (Fsp3) is 0.667. The molecule has 2 atom stereocenters. The van der Waals surface area contributed by atoms with E-state index >= 15 is 0 Å². The van der Waals surface area contributed by atoms with Gasteiger partial charge in [0, 0.05) is 19.6 Å². The summed E-state index contributed by atoms with van der Waals surface area (Å²) in [7, 11) is 4.28. The lowest BCUT2D eigenvalue weighted by Crippen LogP contribution is -2.55. The molecule has 0 aliphatic carbocycles. The monoisotopic (exact) mass is 320 g/mol. The van der Waals surface area contributed by atoms with Crippen LogP contribution >= 0.6 is 0 Å². The average molecular weight is 320 g/mol. The first-order valence-electron chi connectivity index (χ1n) is 8.37. The molecule has 0 saturated carbocycles. The molecule has 5 nitrogen and oxygen atoms in total. The second-order valence-corrected chi connectivity index (χ2v) is 7.09. The Balaban J connectivity index is 1.66. The van der Waals surface area contributed by atoms with E-state index in [1.54, 1.807) is 0 Å². The Morgan fingerprint density at radius 3 is 2.65 bits per heavy atom. The van der Waals surface area contributed by atoms with Crippen LogP contribution in [0, 0.1) is 5.41 Å². The summed E-state index contributed by atoms with van der Waals surface area (Å²) < 4.78 is 11.4. The van der Waals surface area contributed by atoms with E-state index in [2.05, 4.69) is 54.2 Å². The molecule has 1 aromatic rings. The van der Waals surface area contributed by atoms with Crippen LogP contribution in [-0.2, 0) is 9.47 Å². The van der Waals surface area contributed by atoms with Crippen LogP contribution < -0.4 is 0 Å². The highest BCUT2D eigenvalue weighted by Crippen LogP contribution is 2.31. The van der Waals surface area contributed by atoms with Crippen molar-refractivity contribution < 1.29 is 14.6 Å². The average Bonchev–Trinajstić information content (AvgIpc) is 2.52. The van der Waals surface area contributed by atoms with Gasteiger partial charge in [-0.2, -0.15) is 0 Å². The van der Waals surface area contributed by atoms with E-state index in [-0.39, 0.29) is 24.2 Å². The van der Waals surface area contributed by atoms with E-state index < -0.39 is 0 Å². The lowest BCUT2D eigenvalue weighted by molar-refractivity contribution is -0.151. The molecule has 0 spiro atoms. The molecule has 2 heterocycles. The second kappa shape index (κ2) is 7.28. The number of aliphatic hydroxyl groups is 1. The van der Waals surface area contributed by atoms with E-state index in [1.165, 1.54) is 5.56 Å². The van der Waals surface area contributed by atoms with E-state index in [9.17, 15) is 5.11 Å². The van der Waals surface area contributed by atoms with Crippen LogP contribution in [-0.4, -0.2) is 81.2 Å². The molecule has 0 aromatic heterocycles. The number of hydrogen-bond donors (Lipinski definition) is 1. The molecular weight excluding hydrogens is 292 g/mol. The van der Waals surface area contributed by atoms with Crippen LogP contribution in [0.5, 0.6) is 0 Å². The molecule has 2 saturated heterocycles. The number of aliphatic hydroxyl groups excluding tert-OH is 1. The highest BCUT2D eigenvalue weighted by molar-refractivity contribution is 5.21. The quantitative estimate of drug-likeness (QED) is 0.847. The summed E-state index contributed by atoms with van der Waals surface area (Å²) in [6.07, 6.45) is 0.137.